The number of aliphatic carboxylic acids is 1. The van der Waals surface area contributed by atoms with E-state index in [-0.39, 0.29) is 36.7 Å². The summed E-state index contributed by atoms with van der Waals surface area (Å²) in [6, 6.07) is -0.628. The van der Waals surface area contributed by atoms with Crippen LogP contribution in [0.1, 0.15) is 142 Å². The van der Waals surface area contributed by atoms with Gasteiger partial charge in [-0.15, -0.1) is 0 Å². The van der Waals surface area contributed by atoms with Gasteiger partial charge in [0.25, 0.3) is 0 Å². The summed E-state index contributed by atoms with van der Waals surface area (Å²) in [5, 5.41) is 9.58. The van der Waals surface area contributed by atoms with E-state index in [0.717, 1.165) is 57.8 Å². The molecule has 8 heteroatoms. The zero-order chi connectivity index (χ0) is 37.8. The fourth-order valence-corrected chi connectivity index (χ4v) is 5.33. The first-order valence-electron chi connectivity index (χ1n) is 19.8. The minimum Gasteiger partial charge on any atom is -0.477 e. The molecule has 2 unspecified atom stereocenters. The summed E-state index contributed by atoms with van der Waals surface area (Å²) < 4.78 is 17.1. The molecule has 0 fully saturated rings. The van der Waals surface area contributed by atoms with Crippen LogP contribution in [0.2, 0.25) is 0 Å². The number of carbonyl (C=O) groups is 3. The Hall–Kier alpha value is -2.97. The van der Waals surface area contributed by atoms with Crippen molar-refractivity contribution in [3.05, 3.63) is 60.8 Å². The molecule has 51 heavy (non-hydrogen) atoms. The van der Waals surface area contributed by atoms with Crippen LogP contribution in [-0.2, 0) is 28.6 Å². The molecule has 0 amide bonds. The number of unbranched alkanes of at least 4 members (excludes halogenated alkanes) is 10. The minimum absolute atomic E-state index is 0.0276. The van der Waals surface area contributed by atoms with E-state index in [9.17, 15) is 19.5 Å². The summed E-state index contributed by atoms with van der Waals surface area (Å²) in [4.78, 5) is 36.8. The largest absolute Gasteiger partial charge is 0.477 e. The van der Waals surface area contributed by atoms with Crippen molar-refractivity contribution < 1.29 is 38.2 Å². The van der Waals surface area contributed by atoms with Gasteiger partial charge in [-0.05, 0) is 64.2 Å². The van der Waals surface area contributed by atoms with Gasteiger partial charge in [0.2, 0.25) is 0 Å². The predicted molar refractivity (Wildman–Crippen MR) is 211 cm³/mol. The average molecular weight is 717 g/mol. The lowest BCUT2D eigenvalue weighted by Gasteiger charge is -2.31. The minimum atomic E-state index is -0.890. The van der Waals surface area contributed by atoms with Crippen molar-refractivity contribution in [2.45, 2.75) is 154 Å². The first-order chi connectivity index (χ1) is 24.6. The molecule has 2 atom stereocenters. The summed E-state index contributed by atoms with van der Waals surface area (Å²) >= 11 is 0. The van der Waals surface area contributed by atoms with E-state index in [4.69, 9.17) is 14.2 Å². The molecule has 0 saturated heterocycles. The molecule has 0 aliphatic heterocycles. The zero-order valence-corrected chi connectivity index (χ0v) is 33.0. The number of quaternary nitrogens is 1. The molecule has 0 aromatic rings. The third kappa shape index (κ3) is 32.7. The first kappa shape index (κ1) is 48.0. The van der Waals surface area contributed by atoms with Crippen molar-refractivity contribution in [3.63, 3.8) is 0 Å². The highest BCUT2D eigenvalue weighted by molar-refractivity contribution is 5.72. The van der Waals surface area contributed by atoms with Crippen LogP contribution in [0.25, 0.3) is 0 Å². The molecule has 0 bridgehead atoms. The number of ether oxygens (including phenoxy) is 3. The SMILES string of the molecule is CC/C=C\C/C=C\C/C=C\C/C=C\CCC(=O)OC(COCCC(C(=O)O)[N+](C)(C)C)COC(=O)CCCCCCC/C=C\CCCCCCC. The Kier molecular flexibility index (Phi) is 32.1. The summed E-state index contributed by atoms with van der Waals surface area (Å²) in [6.07, 6.45) is 39.9. The van der Waals surface area contributed by atoms with Crippen LogP contribution in [-0.4, -0.2) is 80.6 Å². The summed E-state index contributed by atoms with van der Waals surface area (Å²) in [5.74, 6) is -1.59. The Morgan fingerprint density at radius 3 is 1.71 bits per heavy atom. The van der Waals surface area contributed by atoms with E-state index < -0.39 is 24.1 Å². The molecule has 0 radical (unpaired) electrons. The third-order valence-electron chi connectivity index (χ3n) is 8.41. The molecular weight excluding hydrogens is 642 g/mol. The van der Waals surface area contributed by atoms with Crippen LogP contribution >= 0.6 is 0 Å². The molecule has 0 aliphatic rings. The zero-order valence-electron chi connectivity index (χ0n) is 33.0. The van der Waals surface area contributed by atoms with Gasteiger partial charge in [-0.3, -0.25) is 9.59 Å². The topological polar surface area (TPSA) is 99.1 Å². The molecule has 1 N–H and O–H groups in total. The van der Waals surface area contributed by atoms with Crippen LogP contribution in [0.15, 0.2) is 60.8 Å². The van der Waals surface area contributed by atoms with Gasteiger partial charge in [-0.25, -0.2) is 4.79 Å². The molecule has 0 heterocycles. The number of allylic oxidation sites excluding steroid dienone is 10. The van der Waals surface area contributed by atoms with Gasteiger partial charge in [0.15, 0.2) is 12.1 Å². The lowest BCUT2D eigenvalue weighted by Crippen LogP contribution is -2.50. The van der Waals surface area contributed by atoms with Gasteiger partial charge in [0.1, 0.15) is 6.61 Å². The summed E-state index contributed by atoms with van der Waals surface area (Å²) in [7, 11) is 5.48. The van der Waals surface area contributed by atoms with Crippen LogP contribution in [0.5, 0.6) is 0 Å². The van der Waals surface area contributed by atoms with E-state index >= 15 is 0 Å². The van der Waals surface area contributed by atoms with Gasteiger partial charge in [0, 0.05) is 19.3 Å². The molecule has 8 nitrogen and oxygen atoms in total. The highest BCUT2D eigenvalue weighted by Gasteiger charge is 2.31. The van der Waals surface area contributed by atoms with Gasteiger partial charge in [-0.1, -0.05) is 120 Å². The summed E-state index contributed by atoms with van der Waals surface area (Å²) in [5.41, 5.74) is 0. The molecule has 0 aromatic heterocycles. The van der Waals surface area contributed by atoms with Crippen LogP contribution in [0.4, 0.5) is 0 Å². The third-order valence-corrected chi connectivity index (χ3v) is 8.41. The number of rotatable bonds is 34. The maximum atomic E-state index is 12.6. The Balaban J connectivity index is 4.53. The molecule has 0 rings (SSSR count). The van der Waals surface area contributed by atoms with Crippen molar-refractivity contribution in [3.8, 4) is 0 Å². The van der Waals surface area contributed by atoms with Crippen molar-refractivity contribution in [2.24, 2.45) is 0 Å². The highest BCUT2D eigenvalue weighted by atomic mass is 16.6. The number of carboxylic acids is 1. The highest BCUT2D eigenvalue weighted by Crippen LogP contribution is 2.12. The second-order valence-electron chi connectivity index (χ2n) is 14.1. The Morgan fingerprint density at radius 1 is 0.608 bits per heavy atom. The van der Waals surface area contributed by atoms with Crippen molar-refractivity contribution in [1.82, 2.24) is 0 Å². The second-order valence-corrected chi connectivity index (χ2v) is 14.1. The van der Waals surface area contributed by atoms with Gasteiger partial charge < -0.3 is 23.8 Å². The van der Waals surface area contributed by atoms with Crippen LogP contribution in [0.3, 0.4) is 0 Å². The average Bonchev–Trinajstić information content (AvgIpc) is 3.08. The molecule has 0 spiro atoms. The molecule has 292 valence electrons. The van der Waals surface area contributed by atoms with E-state index in [1.54, 1.807) is 0 Å². The van der Waals surface area contributed by atoms with E-state index in [1.807, 2.05) is 33.3 Å². The fraction of sp³-hybridized carbons (Fsp3) is 0.698. The maximum Gasteiger partial charge on any atom is 0.362 e. The lowest BCUT2D eigenvalue weighted by atomic mass is 10.1. The van der Waals surface area contributed by atoms with Gasteiger partial charge >= 0.3 is 17.9 Å². The number of hydrogen-bond acceptors (Lipinski definition) is 6. The Labute approximate surface area is 311 Å². The number of carboxylic acid groups (broad SMARTS) is 1. The number of esters is 2. The first-order valence-corrected chi connectivity index (χ1v) is 19.8. The molecular formula is C43H74NO7+. The normalized spacial score (nSPS) is 13.7. The van der Waals surface area contributed by atoms with Gasteiger partial charge in [-0.2, -0.15) is 0 Å². The van der Waals surface area contributed by atoms with Crippen molar-refractivity contribution in [1.29, 1.82) is 0 Å². The Bertz CT molecular complexity index is 1020. The number of carbonyl (C=O) groups excluding carboxylic acids is 2. The quantitative estimate of drug-likeness (QED) is 0.0306. The van der Waals surface area contributed by atoms with E-state index in [2.05, 4.69) is 62.5 Å². The maximum absolute atomic E-state index is 12.6. The van der Waals surface area contributed by atoms with E-state index in [1.165, 1.54) is 44.9 Å². The predicted octanol–water partition coefficient (Wildman–Crippen LogP) is 10.2. The number of nitrogens with zero attached hydrogens (tertiary/aromatic N) is 1. The molecule has 0 aromatic carbocycles. The van der Waals surface area contributed by atoms with E-state index in [0.29, 0.717) is 19.3 Å². The van der Waals surface area contributed by atoms with Crippen LogP contribution in [0, 0.1) is 0 Å². The Morgan fingerprint density at radius 2 is 1.14 bits per heavy atom. The smallest absolute Gasteiger partial charge is 0.362 e. The lowest BCUT2D eigenvalue weighted by molar-refractivity contribution is -0.887. The number of likely N-dealkylation sites (N-methyl/N-ethyl adjacent to an activating group) is 1. The molecule has 0 saturated carbocycles. The van der Waals surface area contributed by atoms with Crippen LogP contribution < -0.4 is 0 Å². The fourth-order valence-electron chi connectivity index (χ4n) is 5.33. The monoisotopic (exact) mass is 717 g/mol. The standard InChI is InChI=1S/C43H73NO7/c1-6-8-10-12-14-16-18-20-22-23-25-27-29-31-33-41(45)50-38-39(37-49-36-35-40(43(47)48)44(3,4)5)51-42(46)34-32-30-28-26-24-21-19-17-15-13-11-9-7-2/h9,11,15,17-18,20-21,24,28,30,39-40H,6-8,10,12-14,16,19,22-23,25-27,29,31-38H2,1-5H3/p+1/b11-9-,17-15-,20-18-,24-21-,30-28-. The molecule has 0 aliphatic carbocycles. The summed E-state index contributed by atoms with van der Waals surface area (Å²) in [6.45, 7) is 4.50. The van der Waals surface area contributed by atoms with Gasteiger partial charge in [0.05, 0.1) is 34.4 Å². The van der Waals surface area contributed by atoms with Crippen molar-refractivity contribution in [2.75, 3.05) is 41.0 Å². The van der Waals surface area contributed by atoms with Crippen molar-refractivity contribution >= 4 is 17.9 Å². The number of hydrogen-bond donors (Lipinski definition) is 1. The second kappa shape index (κ2) is 34.1.